The third-order valence-corrected chi connectivity index (χ3v) is 1.53. The average Bonchev–Trinajstić information content (AvgIpc) is 2.18. The van der Waals surface area contributed by atoms with Crippen LogP contribution in [0.5, 0.6) is 0 Å². The standard InChI is InChI=1S/C8H10O/c1-2-4-7-5-3-6-8(7)9/h2,4H,1,3,5-6H2/b7-4-. The summed E-state index contributed by atoms with van der Waals surface area (Å²) in [5.41, 5.74) is 0.949. The molecule has 9 heavy (non-hydrogen) atoms. The first-order valence-corrected chi connectivity index (χ1v) is 3.19. The van der Waals surface area contributed by atoms with Crippen LogP contribution in [0.3, 0.4) is 0 Å². The Hall–Kier alpha value is -0.850. The van der Waals surface area contributed by atoms with Crippen molar-refractivity contribution < 1.29 is 4.79 Å². The van der Waals surface area contributed by atoms with Gasteiger partial charge in [0.05, 0.1) is 0 Å². The molecule has 0 spiro atoms. The second-order valence-corrected chi connectivity index (χ2v) is 2.20. The quantitative estimate of drug-likeness (QED) is 0.485. The van der Waals surface area contributed by atoms with Crippen molar-refractivity contribution in [3.05, 3.63) is 24.3 Å². The van der Waals surface area contributed by atoms with Crippen molar-refractivity contribution in [2.24, 2.45) is 0 Å². The van der Waals surface area contributed by atoms with Crippen LogP contribution in [0.15, 0.2) is 24.3 Å². The van der Waals surface area contributed by atoms with E-state index in [2.05, 4.69) is 6.58 Å². The first-order chi connectivity index (χ1) is 4.34. The van der Waals surface area contributed by atoms with Crippen molar-refractivity contribution in [2.75, 3.05) is 0 Å². The number of Topliss-reactive ketones (excluding diaryl/α,β-unsaturated/α-hetero) is 1. The van der Waals surface area contributed by atoms with Gasteiger partial charge in [0, 0.05) is 6.42 Å². The second-order valence-electron chi connectivity index (χ2n) is 2.20. The van der Waals surface area contributed by atoms with Crippen LogP contribution in [0, 0.1) is 0 Å². The SMILES string of the molecule is C=C/C=C1/CCCC1=O. The maximum absolute atomic E-state index is 10.8. The van der Waals surface area contributed by atoms with Gasteiger partial charge in [-0.15, -0.1) is 0 Å². The van der Waals surface area contributed by atoms with Gasteiger partial charge in [0.2, 0.25) is 0 Å². The van der Waals surface area contributed by atoms with Gasteiger partial charge in [-0.3, -0.25) is 4.79 Å². The molecule has 0 saturated heterocycles. The van der Waals surface area contributed by atoms with Gasteiger partial charge in [-0.1, -0.05) is 18.7 Å². The summed E-state index contributed by atoms with van der Waals surface area (Å²) >= 11 is 0. The maximum Gasteiger partial charge on any atom is 0.158 e. The molecular weight excluding hydrogens is 112 g/mol. The topological polar surface area (TPSA) is 17.1 Å². The number of ketones is 1. The lowest BCUT2D eigenvalue weighted by Gasteiger charge is -1.86. The van der Waals surface area contributed by atoms with Gasteiger partial charge in [0.25, 0.3) is 0 Å². The van der Waals surface area contributed by atoms with Gasteiger partial charge in [0.15, 0.2) is 5.78 Å². The lowest BCUT2D eigenvalue weighted by Crippen LogP contribution is -1.89. The lowest BCUT2D eigenvalue weighted by molar-refractivity contribution is -0.114. The van der Waals surface area contributed by atoms with Crippen LogP contribution in [0.1, 0.15) is 19.3 Å². The van der Waals surface area contributed by atoms with E-state index in [4.69, 9.17) is 0 Å². The minimum atomic E-state index is 0.301. The molecule has 0 radical (unpaired) electrons. The van der Waals surface area contributed by atoms with Crippen LogP contribution in [0.25, 0.3) is 0 Å². The molecule has 1 heteroatoms. The van der Waals surface area contributed by atoms with E-state index >= 15 is 0 Å². The fraction of sp³-hybridized carbons (Fsp3) is 0.375. The van der Waals surface area contributed by atoms with E-state index in [1.165, 1.54) is 0 Å². The molecule has 1 fully saturated rings. The average molecular weight is 122 g/mol. The van der Waals surface area contributed by atoms with E-state index < -0.39 is 0 Å². The van der Waals surface area contributed by atoms with Gasteiger partial charge in [-0.2, -0.15) is 0 Å². The van der Waals surface area contributed by atoms with E-state index in [9.17, 15) is 4.79 Å². The molecule has 0 aromatic heterocycles. The summed E-state index contributed by atoms with van der Waals surface area (Å²) in [6.07, 6.45) is 6.21. The zero-order chi connectivity index (χ0) is 6.69. The summed E-state index contributed by atoms with van der Waals surface area (Å²) in [6.45, 7) is 3.53. The van der Waals surface area contributed by atoms with Crippen molar-refractivity contribution >= 4 is 5.78 Å². The molecule has 0 bridgehead atoms. The maximum atomic E-state index is 10.8. The van der Waals surface area contributed by atoms with Gasteiger partial charge in [-0.05, 0) is 18.4 Å². The molecule has 0 aromatic rings. The van der Waals surface area contributed by atoms with Crippen LogP contribution in [0.2, 0.25) is 0 Å². The Labute approximate surface area is 55.1 Å². The molecule has 0 atom stereocenters. The Bertz CT molecular complexity index is 165. The first-order valence-electron chi connectivity index (χ1n) is 3.19. The molecule has 0 N–H and O–H groups in total. The number of rotatable bonds is 1. The van der Waals surface area contributed by atoms with Crippen LogP contribution >= 0.6 is 0 Å². The van der Waals surface area contributed by atoms with Crippen LogP contribution < -0.4 is 0 Å². The van der Waals surface area contributed by atoms with E-state index in [0.29, 0.717) is 5.78 Å². The lowest BCUT2D eigenvalue weighted by atomic mass is 10.2. The van der Waals surface area contributed by atoms with E-state index in [-0.39, 0.29) is 0 Å². The van der Waals surface area contributed by atoms with Gasteiger partial charge < -0.3 is 0 Å². The molecule has 1 nitrogen and oxygen atoms in total. The Kier molecular flexibility index (Phi) is 1.83. The van der Waals surface area contributed by atoms with E-state index in [0.717, 1.165) is 24.8 Å². The normalized spacial score (nSPS) is 23.1. The number of hydrogen-bond donors (Lipinski definition) is 0. The van der Waals surface area contributed by atoms with Crippen molar-refractivity contribution in [1.29, 1.82) is 0 Å². The molecule has 0 amide bonds. The first kappa shape index (κ1) is 6.27. The summed E-state index contributed by atoms with van der Waals surface area (Å²) in [7, 11) is 0. The Balaban J connectivity index is 2.69. The van der Waals surface area contributed by atoms with Gasteiger partial charge in [0.1, 0.15) is 0 Å². The number of carbonyl (C=O) groups excluding carboxylic acids is 1. The summed E-state index contributed by atoms with van der Waals surface area (Å²) in [4.78, 5) is 10.8. The van der Waals surface area contributed by atoms with Crippen molar-refractivity contribution in [2.45, 2.75) is 19.3 Å². The molecular formula is C8H10O. The summed E-state index contributed by atoms with van der Waals surface area (Å²) < 4.78 is 0. The Morgan fingerprint density at radius 2 is 2.22 bits per heavy atom. The van der Waals surface area contributed by atoms with Crippen molar-refractivity contribution in [3.8, 4) is 0 Å². The van der Waals surface area contributed by atoms with Crippen LogP contribution in [-0.4, -0.2) is 5.78 Å². The highest BCUT2D eigenvalue weighted by molar-refractivity contribution is 5.97. The molecule has 1 rings (SSSR count). The minimum Gasteiger partial charge on any atom is -0.295 e. The Morgan fingerprint density at radius 3 is 2.67 bits per heavy atom. The molecule has 0 heterocycles. The molecule has 0 aromatic carbocycles. The zero-order valence-corrected chi connectivity index (χ0v) is 5.39. The van der Waals surface area contributed by atoms with Gasteiger partial charge >= 0.3 is 0 Å². The zero-order valence-electron chi connectivity index (χ0n) is 5.39. The fourth-order valence-corrected chi connectivity index (χ4v) is 1.06. The molecule has 0 aliphatic heterocycles. The van der Waals surface area contributed by atoms with Crippen LogP contribution in [-0.2, 0) is 4.79 Å². The molecule has 1 aliphatic carbocycles. The van der Waals surface area contributed by atoms with E-state index in [1.807, 2.05) is 6.08 Å². The van der Waals surface area contributed by atoms with Crippen molar-refractivity contribution in [1.82, 2.24) is 0 Å². The second kappa shape index (κ2) is 2.62. The molecule has 1 aliphatic rings. The van der Waals surface area contributed by atoms with Crippen molar-refractivity contribution in [3.63, 3.8) is 0 Å². The summed E-state index contributed by atoms with van der Waals surface area (Å²) in [5.74, 6) is 0.301. The number of carbonyl (C=O) groups is 1. The predicted octanol–water partition coefficient (Wildman–Crippen LogP) is 1.85. The van der Waals surface area contributed by atoms with Gasteiger partial charge in [-0.25, -0.2) is 0 Å². The highest BCUT2D eigenvalue weighted by Gasteiger charge is 2.14. The monoisotopic (exact) mass is 122 g/mol. The predicted molar refractivity (Wildman–Crippen MR) is 37.1 cm³/mol. The highest BCUT2D eigenvalue weighted by atomic mass is 16.1. The number of allylic oxidation sites excluding steroid dienone is 3. The smallest absolute Gasteiger partial charge is 0.158 e. The number of hydrogen-bond acceptors (Lipinski definition) is 1. The minimum absolute atomic E-state index is 0.301. The molecule has 48 valence electrons. The fourth-order valence-electron chi connectivity index (χ4n) is 1.06. The molecule has 1 saturated carbocycles. The highest BCUT2D eigenvalue weighted by Crippen LogP contribution is 2.19. The third kappa shape index (κ3) is 1.28. The third-order valence-electron chi connectivity index (χ3n) is 1.53. The van der Waals surface area contributed by atoms with E-state index in [1.54, 1.807) is 6.08 Å². The Morgan fingerprint density at radius 1 is 1.44 bits per heavy atom. The summed E-state index contributed by atoms with van der Waals surface area (Å²) in [5, 5.41) is 0. The van der Waals surface area contributed by atoms with Crippen LogP contribution in [0.4, 0.5) is 0 Å². The molecule has 0 unspecified atom stereocenters. The summed E-state index contributed by atoms with van der Waals surface area (Å²) in [6, 6.07) is 0. The largest absolute Gasteiger partial charge is 0.295 e.